The second kappa shape index (κ2) is 10.3. The monoisotopic (exact) mass is 438 g/mol. The fourth-order valence-electron chi connectivity index (χ4n) is 4.11. The van der Waals surface area contributed by atoms with Gasteiger partial charge in [0.1, 0.15) is 12.6 Å². The van der Waals surface area contributed by atoms with E-state index >= 15 is 0 Å². The minimum Gasteiger partial charge on any atom is -0.481 e. The zero-order valence-electron chi connectivity index (χ0n) is 18.6. The Hall–Kier alpha value is -3.35. The second-order valence-electron chi connectivity index (χ2n) is 8.34. The Bertz CT molecular complexity index is 944. The molecule has 3 N–H and O–H groups in total. The molecule has 0 fully saturated rings. The number of amides is 2. The Balaban J connectivity index is 1.66. The van der Waals surface area contributed by atoms with Crippen molar-refractivity contribution in [3.8, 4) is 11.1 Å². The van der Waals surface area contributed by atoms with E-state index in [0.717, 1.165) is 22.3 Å². The Morgan fingerprint density at radius 2 is 1.53 bits per heavy atom. The lowest BCUT2D eigenvalue weighted by molar-refractivity contribution is -0.137. The van der Waals surface area contributed by atoms with Crippen LogP contribution in [0, 0.1) is 5.92 Å². The van der Waals surface area contributed by atoms with Crippen molar-refractivity contribution in [2.75, 3.05) is 6.61 Å². The summed E-state index contributed by atoms with van der Waals surface area (Å²) in [5.41, 5.74) is 4.50. The number of hydrogen-bond donors (Lipinski definition) is 3. The van der Waals surface area contributed by atoms with Gasteiger partial charge in [0.05, 0.1) is 6.42 Å². The molecule has 0 aliphatic heterocycles. The lowest BCUT2D eigenvalue weighted by Crippen LogP contribution is -2.52. The molecule has 32 heavy (non-hydrogen) atoms. The van der Waals surface area contributed by atoms with Gasteiger partial charge < -0.3 is 20.5 Å². The van der Waals surface area contributed by atoms with E-state index in [1.54, 1.807) is 6.92 Å². The van der Waals surface area contributed by atoms with Gasteiger partial charge >= 0.3 is 12.1 Å². The smallest absolute Gasteiger partial charge is 0.407 e. The predicted molar refractivity (Wildman–Crippen MR) is 121 cm³/mol. The molecule has 2 amide bonds. The van der Waals surface area contributed by atoms with Crippen LogP contribution in [-0.4, -0.2) is 41.8 Å². The highest BCUT2D eigenvalue weighted by atomic mass is 16.5. The summed E-state index contributed by atoms with van der Waals surface area (Å²) in [6.07, 6.45) is -0.197. The van der Waals surface area contributed by atoms with Crippen molar-refractivity contribution in [3.05, 3.63) is 59.7 Å². The topological polar surface area (TPSA) is 105 Å². The SMILES string of the molecule is CC[C@H](C)[C@H](NC(=O)OCC1c2ccccc2-c2ccccc21)C(=O)N[C@@H](C)CC(=O)O. The van der Waals surface area contributed by atoms with Gasteiger partial charge in [0.15, 0.2) is 0 Å². The number of carbonyl (C=O) groups excluding carboxylic acids is 2. The number of carboxylic acids is 1. The lowest BCUT2D eigenvalue weighted by Gasteiger charge is -2.25. The van der Waals surface area contributed by atoms with Crippen LogP contribution in [0.4, 0.5) is 4.79 Å². The zero-order chi connectivity index (χ0) is 23.3. The molecule has 2 aromatic carbocycles. The van der Waals surface area contributed by atoms with Crippen LogP contribution in [0.3, 0.4) is 0 Å². The molecule has 3 rings (SSSR count). The number of carbonyl (C=O) groups is 3. The van der Waals surface area contributed by atoms with Gasteiger partial charge in [-0.05, 0) is 35.1 Å². The third-order valence-corrected chi connectivity index (χ3v) is 5.98. The zero-order valence-corrected chi connectivity index (χ0v) is 18.6. The van der Waals surface area contributed by atoms with E-state index in [1.165, 1.54) is 0 Å². The first-order chi connectivity index (χ1) is 15.3. The average molecular weight is 439 g/mol. The molecule has 0 saturated heterocycles. The van der Waals surface area contributed by atoms with Crippen molar-refractivity contribution in [2.45, 2.75) is 51.6 Å². The van der Waals surface area contributed by atoms with Crippen LogP contribution in [0.5, 0.6) is 0 Å². The first-order valence-corrected chi connectivity index (χ1v) is 11.0. The van der Waals surface area contributed by atoms with Crippen molar-refractivity contribution in [1.29, 1.82) is 0 Å². The minimum absolute atomic E-state index is 0.0698. The van der Waals surface area contributed by atoms with Gasteiger partial charge in [-0.2, -0.15) is 0 Å². The first-order valence-electron chi connectivity index (χ1n) is 11.0. The molecular formula is C25H30N2O5. The summed E-state index contributed by atoms with van der Waals surface area (Å²) in [5, 5.41) is 14.3. The van der Waals surface area contributed by atoms with Gasteiger partial charge in [0.2, 0.25) is 5.91 Å². The molecule has 0 spiro atoms. The summed E-state index contributed by atoms with van der Waals surface area (Å²) in [7, 11) is 0. The number of alkyl carbamates (subject to hydrolysis) is 1. The molecule has 0 heterocycles. The lowest BCUT2D eigenvalue weighted by atomic mass is 9.98. The number of carboxylic acid groups (broad SMARTS) is 1. The third-order valence-electron chi connectivity index (χ3n) is 5.98. The standard InChI is InChI=1S/C25H30N2O5/c1-4-15(2)23(24(30)26-16(3)13-22(28)29)27-25(31)32-14-21-19-11-7-5-9-17(19)18-10-6-8-12-20(18)21/h5-12,15-16,21,23H,4,13-14H2,1-3H3,(H,26,30)(H,27,31)(H,28,29)/t15-,16-,23-/m0/s1. The van der Waals surface area contributed by atoms with E-state index in [-0.39, 0.29) is 24.9 Å². The quantitative estimate of drug-likeness (QED) is 0.550. The van der Waals surface area contributed by atoms with Crippen LogP contribution >= 0.6 is 0 Å². The molecule has 0 bridgehead atoms. The molecule has 0 saturated carbocycles. The average Bonchev–Trinajstić information content (AvgIpc) is 3.08. The molecule has 0 radical (unpaired) electrons. The Labute approximate surface area is 188 Å². The Morgan fingerprint density at radius 3 is 2.06 bits per heavy atom. The van der Waals surface area contributed by atoms with E-state index in [2.05, 4.69) is 22.8 Å². The molecule has 7 nitrogen and oxygen atoms in total. The van der Waals surface area contributed by atoms with E-state index in [9.17, 15) is 14.4 Å². The number of ether oxygens (including phenoxy) is 1. The summed E-state index contributed by atoms with van der Waals surface area (Å²) >= 11 is 0. The largest absolute Gasteiger partial charge is 0.481 e. The highest BCUT2D eigenvalue weighted by Crippen LogP contribution is 2.44. The van der Waals surface area contributed by atoms with E-state index < -0.39 is 30.1 Å². The number of fused-ring (bicyclic) bond motifs is 3. The van der Waals surface area contributed by atoms with Crippen molar-refractivity contribution in [2.24, 2.45) is 5.92 Å². The number of benzene rings is 2. The molecule has 3 atom stereocenters. The molecule has 1 aliphatic carbocycles. The van der Waals surface area contributed by atoms with Gasteiger partial charge in [0.25, 0.3) is 0 Å². The van der Waals surface area contributed by atoms with Crippen LogP contribution in [0.2, 0.25) is 0 Å². The van der Waals surface area contributed by atoms with E-state index in [4.69, 9.17) is 9.84 Å². The maximum Gasteiger partial charge on any atom is 0.407 e. The fraction of sp³-hybridized carbons (Fsp3) is 0.400. The maximum absolute atomic E-state index is 12.7. The molecule has 0 unspecified atom stereocenters. The van der Waals surface area contributed by atoms with Gasteiger partial charge in [-0.25, -0.2) is 4.79 Å². The summed E-state index contributed by atoms with van der Waals surface area (Å²) in [5.74, 6) is -1.63. The van der Waals surface area contributed by atoms with Gasteiger partial charge in [0, 0.05) is 12.0 Å². The van der Waals surface area contributed by atoms with Crippen LogP contribution in [0.15, 0.2) is 48.5 Å². The van der Waals surface area contributed by atoms with E-state index in [1.807, 2.05) is 50.2 Å². The minimum atomic E-state index is -0.998. The van der Waals surface area contributed by atoms with Crippen molar-refractivity contribution in [1.82, 2.24) is 10.6 Å². The second-order valence-corrected chi connectivity index (χ2v) is 8.34. The normalized spacial score (nSPS) is 15.1. The van der Waals surface area contributed by atoms with Crippen LogP contribution in [0.1, 0.15) is 50.7 Å². The van der Waals surface area contributed by atoms with Crippen molar-refractivity contribution >= 4 is 18.0 Å². The molecule has 0 aromatic heterocycles. The van der Waals surface area contributed by atoms with E-state index in [0.29, 0.717) is 6.42 Å². The molecule has 1 aliphatic rings. The molecular weight excluding hydrogens is 408 g/mol. The number of hydrogen-bond acceptors (Lipinski definition) is 4. The fourth-order valence-corrected chi connectivity index (χ4v) is 4.11. The number of rotatable bonds is 9. The van der Waals surface area contributed by atoms with Crippen molar-refractivity contribution in [3.63, 3.8) is 0 Å². The van der Waals surface area contributed by atoms with Crippen LogP contribution < -0.4 is 10.6 Å². The Morgan fingerprint density at radius 1 is 0.969 bits per heavy atom. The summed E-state index contributed by atoms with van der Waals surface area (Å²) in [6.45, 7) is 5.55. The summed E-state index contributed by atoms with van der Waals surface area (Å²) < 4.78 is 5.56. The predicted octanol–water partition coefficient (Wildman–Crippen LogP) is 3.92. The van der Waals surface area contributed by atoms with Gasteiger partial charge in [-0.3, -0.25) is 9.59 Å². The number of aliphatic carboxylic acids is 1. The molecule has 7 heteroatoms. The molecule has 170 valence electrons. The van der Waals surface area contributed by atoms with Gasteiger partial charge in [-0.15, -0.1) is 0 Å². The van der Waals surface area contributed by atoms with Crippen LogP contribution in [-0.2, 0) is 14.3 Å². The summed E-state index contributed by atoms with van der Waals surface area (Å²) in [6, 6.07) is 14.8. The highest BCUT2D eigenvalue weighted by molar-refractivity contribution is 5.86. The highest BCUT2D eigenvalue weighted by Gasteiger charge is 2.31. The van der Waals surface area contributed by atoms with Crippen molar-refractivity contribution < 1.29 is 24.2 Å². The third kappa shape index (κ3) is 5.28. The first kappa shape index (κ1) is 23.3. The molecule has 2 aromatic rings. The number of nitrogens with one attached hydrogen (secondary N) is 2. The maximum atomic E-state index is 12.7. The summed E-state index contributed by atoms with van der Waals surface area (Å²) in [4.78, 5) is 36.2. The van der Waals surface area contributed by atoms with Gasteiger partial charge in [-0.1, -0.05) is 68.8 Å². The van der Waals surface area contributed by atoms with Crippen LogP contribution in [0.25, 0.3) is 11.1 Å². The Kier molecular flexibility index (Phi) is 7.51.